The average Bonchev–Trinajstić information content (AvgIpc) is 2.35. The Balaban J connectivity index is 2.82. The molecule has 0 spiro atoms. The molecule has 0 saturated carbocycles. The van der Waals surface area contributed by atoms with E-state index in [1.54, 1.807) is 13.8 Å². The van der Waals surface area contributed by atoms with Crippen molar-refractivity contribution in [3.8, 4) is 0 Å². The van der Waals surface area contributed by atoms with Crippen LogP contribution in [0.3, 0.4) is 0 Å². The van der Waals surface area contributed by atoms with Gasteiger partial charge in [-0.2, -0.15) is 13.2 Å². The highest BCUT2D eigenvalue weighted by Crippen LogP contribution is 2.21. The summed E-state index contributed by atoms with van der Waals surface area (Å²) in [5, 5.41) is 3.21. The Labute approximate surface area is 119 Å². The van der Waals surface area contributed by atoms with E-state index in [1.165, 1.54) is 4.90 Å². The zero-order valence-electron chi connectivity index (χ0n) is 12.3. The smallest absolute Gasteiger partial charge is 0.313 e. The third kappa shape index (κ3) is 5.92. The largest absolute Gasteiger partial charge is 0.401 e. The minimum Gasteiger partial charge on any atom is -0.313 e. The van der Waals surface area contributed by atoms with Crippen molar-refractivity contribution in [1.29, 1.82) is 0 Å². The van der Waals surface area contributed by atoms with Crippen molar-refractivity contribution >= 4 is 0 Å². The molecule has 1 aromatic rings. The lowest BCUT2D eigenvalue weighted by Crippen LogP contribution is -2.38. The Morgan fingerprint density at radius 2 is 1.75 bits per heavy atom. The number of nitrogens with zero attached hydrogens (tertiary/aromatic N) is 1. The van der Waals surface area contributed by atoms with Gasteiger partial charge in [0.25, 0.3) is 0 Å². The van der Waals surface area contributed by atoms with Crippen LogP contribution in [0.25, 0.3) is 0 Å². The third-order valence-corrected chi connectivity index (χ3v) is 3.17. The first-order valence-electron chi connectivity index (χ1n) is 6.91. The first-order chi connectivity index (χ1) is 9.33. The van der Waals surface area contributed by atoms with E-state index in [9.17, 15) is 13.2 Å². The van der Waals surface area contributed by atoms with Gasteiger partial charge in [-0.25, -0.2) is 0 Å². The number of rotatable bonds is 7. The van der Waals surface area contributed by atoms with Crippen LogP contribution >= 0.6 is 0 Å². The second kappa shape index (κ2) is 7.64. The van der Waals surface area contributed by atoms with Crippen LogP contribution in [0.5, 0.6) is 0 Å². The van der Waals surface area contributed by atoms with Crippen molar-refractivity contribution in [3.63, 3.8) is 0 Å². The van der Waals surface area contributed by atoms with E-state index in [2.05, 4.69) is 5.32 Å². The van der Waals surface area contributed by atoms with Crippen molar-refractivity contribution in [2.24, 2.45) is 0 Å². The summed E-state index contributed by atoms with van der Waals surface area (Å²) in [5.41, 5.74) is 2.01. The van der Waals surface area contributed by atoms with Crippen molar-refractivity contribution in [1.82, 2.24) is 10.2 Å². The fraction of sp³-hybridized carbons (Fsp3) is 0.600. The van der Waals surface area contributed by atoms with Crippen LogP contribution < -0.4 is 5.32 Å². The Hall–Kier alpha value is -1.07. The normalized spacial score (nSPS) is 12.4. The molecule has 1 aromatic carbocycles. The number of halogens is 3. The summed E-state index contributed by atoms with van der Waals surface area (Å²) in [7, 11) is 0. The van der Waals surface area contributed by atoms with Gasteiger partial charge in [0.1, 0.15) is 0 Å². The van der Waals surface area contributed by atoms with Crippen molar-refractivity contribution < 1.29 is 13.2 Å². The molecule has 1 N–H and O–H groups in total. The second-order valence-electron chi connectivity index (χ2n) is 5.16. The van der Waals surface area contributed by atoms with Crippen LogP contribution in [0.1, 0.15) is 31.9 Å². The Morgan fingerprint density at radius 3 is 2.25 bits per heavy atom. The molecule has 0 fully saturated rings. The van der Waals surface area contributed by atoms with Crippen LogP contribution in [0.15, 0.2) is 24.3 Å². The van der Waals surface area contributed by atoms with Crippen molar-refractivity contribution in [2.75, 3.05) is 13.1 Å². The van der Waals surface area contributed by atoms with Crippen molar-refractivity contribution in [3.05, 3.63) is 35.4 Å². The molecule has 0 amide bonds. The topological polar surface area (TPSA) is 15.3 Å². The number of hydrogen-bond acceptors (Lipinski definition) is 2. The minimum atomic E-state index is -4.17. The van der Waals surface area contributed by atoms with Gasteiger partial charge in [-0.3, -0.25) is 4.90 Å². The molecular formula is C15H23F3N2. The molecule has 0 bridgehead atoms. The number of benzene rings is 1. The lowest BCUT2D eigenvalue weighted by atomic mass is 10.1. The second-order valence-corrected chi connectivity index (χ2v) is 5.16. The predicted molar refractivity (Wildman–Crippen MR) is 75.4 cm³/mol. The van der Waals surface area contributed by atoms with Crippen LogP contribution in [0.2, 0.25) is 0 Å². The molecule has 20 heavy (non-hydrogen) atoms. The highest BCUT2D eigenvalue weighted by atomic mass is 19.4. The van der Waals surface area contributed by atoms with Gasteiger partial charge < -0.3 is 5.32 Å². The van der Waals surface area contributed by atoms with Gasteiger partial charge in [-0.05, 0) is 31.5 Å². The molecular weight excluding hydrogens is 265 g/mol. The first-order valence-corrected chi connectivity index (χ1v) is 6.91. The number of alkyl halides is 3. The number of nitrogens with one attached hydrogen (secondary N) is 1. The van der Waals surface area contributed by atoms with Crippen LogP contribution in [-0.4, -0.2) is 30.2 Å². The molecule has 114 valence electrons. The van der Waals surface area contributed by atoms with Crippen LogP contribution in [0, 0.1) is 0 Å². The molecule has 0 saturated heterocycles. The maximum Gasteiger partial charge on any atom is 0.401 e. The van der Waals surface area contributed by atoms with Crippen molar-refractivity contribution in [2.45, 2.75) is 46.1 Å². The molecule has 0 radical (unpaired) electrons. The molecule has 2 nitrogen and oxygen atoms in total. The zero-order valence-corrected chi connectivity index (χ0v) is 12.3. The fourth-order valence-corrected chi connectivity index (χ4v) is 2.01. The molecule has 0 aliphatic heterocycles. The standard InChI is InChI=1S/C15H23F3N2/c1-4-19-9-13-7-5-6-8-14(13)10-20(12(2)3)11-15(16,17)18/h5-8,12,19H,4,9-11H2,1-3H3. The average molecular weight is 288 g/mol. The van der Waals surface area contributed by atoms with Gasteiger partial charge in [-0.1, -0.05) is 31.2 Å². The molecule has 0 aliphatic rings. The van der Waals surface area contributed by atoms with E-state index in [-0.39, 0.29) is 6.04 Å². The monoisotopic (exact) mass is 288 g/mol. The van der Waals surface area contributed by atoms with Gasteiger partial charge >= 0.3 is 6.18 Å². The summed E-state index contributed by atoms with van der Waals surface area (Å²) in [6.07, 6.45) is -4.17. The maximum atomic E-state index is 12.6. The van der Waals surface area contributed by atoms with E-state index in [0.717, 1.165) is 17.7 Å². The summed E-state index contributed by atoms with van der Waals surface area (Å²) in [5.74, 6) is 0. The zero-order chi connectivity index (χ0) is 15.2. The molecule has 1 rings (SSSR count). The molecule has 0 heterocycles. The van der Waals surface area contributed by atoms with E-state index in [4.69, 9.17) is 0 Å². The summed E-state index contributed by atoms with van der Waals surface area (Å²) < 4.78 is 37.9. The summed E-state index contributed by atoms with van der Waals surface area (Å²) in [6, 6.07) is 7.50. The van der Waals surface area contributed by atoms with Gasteiger partial charge in [0.15, 0.2) is 0 Å². The number of hydrogen-bond donors (Lipinski definition) is 1. The lowest BCUT2D eigenvalue weighted by Gasteiger charge is -2.28. The van der Waals surface area contributed by atoms with E-state index >= 15 is 0 Å². The third-order valence-electron chi connectivity index (χ3n) is 3.17. The van der Waals surface area contributed by atoms with Gasteiger partial charge in [0, 0.05) is 19.1 Å². The molecule has 5 heteroatoms. The van der Waals surface area contributed by atoms with Gasteiger partial charge in [-0.15, -0.1) is 0 Å². The Morgan fingerprint density at radius 1 is 1.15 bits per heavy atom. The summed E-state index contributed by atoms with van der Waals surface area (Å²) in [6.45, 7) is 6.55. The fourth-order valence-electron chi connectivity index (χ4n) is 2.01. The summed E-state index contributed by atoms with van der Waals surface area (Å²) in [4.78, 5) is 1.45. The highest BCUT2D eigenvalue weighted by Gasteiger charge is 2.31. The van der Waals surface area contributed by atoms with E-state index in [1.807, 2.05) is 31.2 Å². The van der Waals surface area contributed by atoms with Gasteiger partial charge in [0.2, 0.25) is 0 Å². The SMILES string of the molecule is CCNCc1ccccc1CN(CC(F)(F)F)C(C)C. The van der Waals surface area contributed by atoms with Gasteiger partial charge in [0.05, 0.1) is 6.54 Å². The minimum absolute atomic E-state index is 0.149. The maximum absolute atomic E-state index is 12.6. The summed E-state index contributed by atoms with van der Waals surface area (Å²) >= 11 is 0. The highest BCUT2D eigenvalue weighted by molar-refractivity contribution is 5.27. The molecule has 0 aromatic heterocycles. The van der Waals surface area contributed by atoms with Crippen LogP contribution in [-0.2, 0) is 13.1 Å². The molecule has 0 aliphatic carbocycles. The Kier molecular flexibility index (Phi) is 6.49. The molecule has 0 unspecified atom stereocenters. The van der Waals surface area contributed by atoms with Crippen LogP contribution in [0.4, 0.5) is 13.2 Å². The van der Waals surface area contributed by atoms with E-state index < -0.39 is 12.7 Å². The first kappa shape index (κ1) is 17.0. The quantitative estimate of drug-likeness (QED) is 0.825. The molecule has 0 atom stereocenters. The predicted octanol–water partition coefficient (Wildman–Crippen LogP) is 3.57. The lowest BCUT2D eigenvalue weighted by molar-refractivity contribution is -0.150. The van der Waals surface area contributed by atoms with E-state index in [0.29, 0.717) is 13.1 Å². The Bertz CT molecular complexity index is 402.